The zero-order valence-corrected chi connectivity index (χ0v) is 14.4. The molecule has 0 aromatic rings. The third-order valence-corrected chi connectivity index (χ3v) is 4.95. The number of carbonyl (C=O) groups excluding carboxylic acids is 1. The first-order valence-electron chi connectivity index (χ1n) is 7.78. The molecule has 21 heavy (non-hydrogen) atoms. The van der Waals surface area contributed by atoms with Gasteiger partial charge in [0.1, 0.15) is 5.54 Å². The number of nitrogens with one attached hydrogen (secondary N) is 1. The van der Waals surface area contributed by atoms with Gasteiger partial charge in [-0.3, -0.25) is 4.79 Å². The molecule has 0 bridgehead atoms. The van der Waals surface area contributed by atoms with Crippen LogP contribution in [0.2, 0.25) is 0 Å². The molecule has 2 atom stereocenters. The molecule has 3 N–H and O–H groups in total. The van der Waals surface area contributed by atoms with E-state index in [1.54, 1.807) is 7.11 Å². The van der Waals surface area contributed by atoms with Gasteiger partial charge in [-0.15, -0.1) is 0 Å². The molecule has 0 saturated heterocycles. The Bertz CT molecular complexity index is 369. The van der Waals surface area contributed by atoms with Crippen LogP contribution in [0, 0.1) is 10.8 Å². The normalized spacial score (nSPS) is 28.0. The molecule has 1 saturated carbocycles. The lowest BCUT2D eigenvalue weighted by Gasteiger charge is -2.57. The van der Waals surface area contributed by atoms with E-state index in [0.717, 1.165) is 6.42 Å². The topological polar surface area (TPSA) is 73.6 Å². The minimum atomic E-state index is -0.843. The van der Waals surface area contributed by atoms with Crippen molar-refractivity contribution in [3.63, 3.8) is 0 Å². The predicted octanol–water partition coefficient (Wildman–Crippen LogP) is 1.70. The number of rotatable bonds is 8. The zero-order chi connectivity index (χ0) is 16.3. The summed E-state index contributed by atoms with van der Waals surface area (Å²) in [7, 11) is 1.69. The first-order chi connectivity index (χ1) is 9.60. The SMILES string of the molecule is CCOC1CC(N)(C(=O)NCC(C)(C)CCOC)C1(C)C. The fourth-order valence-electron chi connectivity index (χ4n) is 2.76. The summed E-state index contributed by atoms with van der Waals surface area (Å²) in [6.07, 6.45) is 1.53. The quantitative estimate of drug-likeness (QED) is 0.715. The lowest BCUT2D eigenvalue weighted by molar-refractivity contribution is -0.171. The summed E-state index contributed by atoms with van der Waals surface area (Å²) in [6.45, 7) is 12.1. The fourth-order valence-corrected chi connectivity index (χ4v) is 2.76. The van der Waals surface area contributed by atoms with Gasteiger partial charge in [-0.25, -0.2) is 0 Å². The van der Waals surface area contributed by atoms with Crippen LogP contribution in [0.3, 0.4) is 0 Å². The number of hydrogen-bond donors (Lipinski definition) is 2. The van der Waals surface area contributed by atoms with E-state index in [4.69, 9.17) is 15.2 Å². The number of carbonyl (C=O) groups is 1. The minimum absolute atomic E-state index is 0.00472. The molecule has 124 valence electrons. The lowest BCUT2D eigenvalue weighted by Crippen LogP contribution is -2.76. The van der Waals surface area contributed by atoms with Crippen LogP contribution in [0.15, 0.2) is 0 Å². The zero-order valence-electron chi connectivity index (χ0n) is 14.4. The van der Waals surface area contributed by atoms with Crippen LogP contribution in [0.5, 0.6) is 0 Å². The van der Waals surface area contributed by atoms with Crippen molar-refractivity contribution in [2.75, 3.05) is 26.9 Å². The molecular formula is C16H32N2O3. The maximum absolute atomic E-state index is 12.5. The molecule has 0 heterocycles. The molecule has 1 amide bonds. The Labute approximate surface area is 128 Å². The number of methoxy groups -OCH3 is 1. The Morgan fingerprint density at radius 1 is 1.43 bits per heavy atom. The van der Waals surface area contributed by atoms with Gasteiger partial charge in [0.25, 0.3) is 0 Å². The van der Waals surface area contributed by atoms with Crippen LogP contribution in [-0.2, 0) is 14.3 Å². The molecule has 1 aliphatic rings. The van der Waals surface area contributed by atoms with Gasteiger partial charge in [0, 0.05) is 38.7 Å². The second-order valence-corrected chi connectivity index (χ2v) is 7.43. The molecule has 0 aromatic carbocycles. The van der Waals surface area contributed by atoms with E-state index in [2.05, 4.69) is 19.2 Å². The Kier molecular flexibility index (Phi) is 5.81. The second kappa shape index (κ2) is 6.63. The molecule has 5 nitrogen and oxygen atoms in total. The highest BCUT2D eigenvalue weighted by Crippen LogP contribution is 2.49. The van der Waals surface area contributed by atoms with Gasteiger partial charge in [0.15, 0.2) is 0 Å². The van der Waals surface area contributed by atoms with E-state index in [-0.39, 0.29) is 22.8 Å². The van der Waals surface area contributed by atoms with Gasteiger partial charge < -0.3 is 20.5 Å². The molecule has 1 aliphatic carbocycles. The van der Waals surface area contributed by atoms with Gasteiger partial charge in [0.05, 0.1) is 6.10 Å². The Morgan fingerprint density at radius 2 is 2.05 bits per heavy atom. The smallest absolute Gasteiger partial charge is 0.240 e. The van der Waals surface area contributed by atoms with Crippen molar-refractivity contribution in [1.82, 2.24) is 5.32 Å². The largest absolute Gasteiger partial charge is 0.385 e. The van der Waals surface area contributed by atoms with Gasteiger partial charge in [0.2, 0.25) is 5.91 Å². The number of ether oxygens (including phenoxy) is 2. The maximum Gasteiger partial charge on any atom is 0.240 e. The standard InChI is InChI=1S/C16H32N2O3/c1-7-21-12-10-16(17,15(12,4)5)13(19)18-11-14(2,3)8-9-20-6/h12H,7-11,17H2,1-6H3,(H,18,19). The van der Waals surface area contributed by atoms with Crippen LogP contribution in [-0.4, -0.2) is 44.4 Å². The molecule has 5 heteroatoms. The first-order valence-corrected chi connectivity index (χ1v) is 7.78. The van der Waals surface area contributed by atoms with Gasteiger partial charge in [-0.05, 0) is 18.8 Å². The van der Waals surface area contributed by atoms with Gasteiger partial charge in [-0.2, -0.15) is 0 Å². The number of amides is 1. The van der Waals surface area contributed by atoms with Crippen LogP contribution in [0.1, 0.15) is 47.5 Å². The van der Waals surface area contributed by atoms with E-state index in [0.29, 0.717) is 26.2 Å². The van der Waals surface area contributed by atoms with Crippen molar-refractivity contribution in [3.05, 3.63) is 0 Å². The van der Waals surface area contributed by atoms with Crippen LogP contribution < -0.4 is 11.1 Å². The van der Waals surface area contributed by atoms with Gasteiger partial charge in [-0.1, -0.05) is 27.7 Å². The lowest BCUT2D eigenvalue weighted by atomic mass is 9.54. The summed E-state index contributed by atoms with van der Waals surface area (Å²) in [5.41, 5.74) is 5.17. The average Bonchev–Trinajstić information content (AvgIpc) is 2.42. The maximum atomic E-state index is 12.5. The predicted molar refractivity (Wildman–Crippen MR) is 84.0 cm³/mol. The summed E-state index contributed by atoms with van der Waals surface area (Å²) in [6, 6.07) is 0. The summed E-state index contributed by atoms with van der Waals surface area (Å²) >= 11 is 0. The van der Waals surface area contributed by atoms with E-state index in [9.17, 15) is 4.79 Å². The molecule has 1 fully saturated rings. The Hall–Kier alpha value is -0.650. The van der Waals surface area contributed by atoms with Crippen molar-refractivity contribution >= 4 is 5.91 Å². The van der Waals surface area contributed by atoms with E-state index < -0.39 is 5.54 Å². The van der Waals surface area contributed by atoms with Crippen molar-refractivity contribution in [3.8, 4) is 0 Å². The average molecular weight is 300 g/mol. The van der Waals surface area contributed by atoms with Crippen molar-refractivity contribution in [2.24, 2.45) is 16.6 Å². The highest BCUT2D eigenvalue weighted by molar-refractivity contribution is 5.88. The number of hydrogen-bond acceptors (Lipinski definition) is 4. The monoisotopic (exact) mass is 300 g/mol. The first kappa shape index (κ1) is 18.4. The third-order valence-electron chi connectivity index (χ3n) is 4.95. The highest BCUT2D eigenvalue weighted by atomic mass is 16.5. The summed E-state index contributed by atoms with van der Waals surface area (Å²) in [5, 5.41) is 3.02. The molecular weight excluding hydrogens is 268 g/mol. The summed E-state index contributed by atoms with van der Waals surface area (Å²) in [5.74, 6) is -0.0751. The molecule has 1 rings (SSSR count). The van der Waals surface area contributed by atoms with Gasteiger partial charge >= 0.3 is 0 Å². The molecule has 0 radical (unpaired) electrons. The molecule has 2 unspecified atom stereocenters. The van der Waals surface area contributed by atoms with Crippen molar-refractivity contribution in [1.29, 1.82) is 0 Å². The van der Waals surface area contributed by atoms with Crippen molar-refractivity contribution in [2.45, 2.75) is 59.1 Å². The van der Waals surface area contributed by atoms with E-state index in [1.807, 2.05) is 20.8 Å². The summed E-state index contributed by atoms with van der Waals surface area (Å²) in [4.78, 5) is 12.5. The summed E-state index contributed by atoms with van der Waals surface area (Å²) < 4.78 is 10.8. The van der Waals surface area contributed by atoms with Crippen molar-refractivity contribution < 1.29 is 14.3 Å². The van der Waals surface area contributed by atoms with Crippen LogP contribution in [0.4, 0.5) is 0 Å². The highest BCUT2D eigenvalue weighted by Gasteiger charge is 2.62. The Morgan fingerprint density at radius 3 is 2.52 bits per heavy atom. The van der Waals surface area contributed by atoms with Crippen LogP contribution in [0.25, 0.3) is 0 Å². The minimum Gasteiger partial charge on any atom is -0.385 e. The molecule has 0 aliphatic heterocycles. The van der Waals surface area contributed by atoms with Crippen LogP contribution >= 0.6 is 0 Å². The number of nitrogens with two attached hydrogens (primary N) is 1. The van der Waals surface area contributed by atoms with E-state index >= 15 is 0 Å². The second-order valence-electron chi connectivity index (χ2n) is 7.43. The molecule has 0 spiro atoms. The third kappa shape index (κ3) is 3.76. The Balaban J connectivity index is 2.56. The molecule has 0 aromatic heterocycles. The van der Waals surface area contributed by atoms with E-state index in [1.165, 1.54) is 0 Å². The fraction of sp³-hybridized carbons (Fsp3) is 0.938.